The average molecular weight is 417 g/mol. The van der Waals surface area contributed by atoms with Crippen molar-refractivity contribution in [3.8, 4) is 0 Å². The van der Waals surface area contributed by atoms with Crippen LogP contribution < -0.4 is 0 Å². The lowest BCUT2D eigenvalue weighted by molar-refractivity contribution is -0.183. The normalized spacial score (nSPS) is 29.3. The van der Waals surface area contributed by atoms with E-state index in [9.17, 15) is 9.90 Å². The number of piperidine rings is 3. The summed E-state index contributed by atoms with van der Waals surface area (Å²) >= 11 is 0. The monoisotopic (exact) mass is 416 g/mol. The Labute approximate surface area is 173 Å². The summed E-state index contributed by atoms with van der Waals surface area (Å²) in [7, 11) is 0. The molecular weight excluding hydrogens is 387 g/mol. The standard InChI is InChI=1S/C20H28N2O3.2ClH/c23-19(25-18-14-21-12-8-16(18)9-13-21)20(24,15-22-10-4-5-11-22)17-6-2-1-3-7-17;;/h1-3,6-7,16,18,24H,4-5,8-15H2;2*1H. The molecule has 1 aromatic carbocycles. The van der Waals surface area contributed by atoms with Crippen LogP contribution in [0.5, 0.6) is 0 Å². The van der Waals surface area contributed by atoms with Crippen LogP contribution in [0.1, 0.15) is 31.2 Å². The number of carbonyl (C=O) groups excluding carboxylic acids is 1. The van der Waals surface area contributed by atoms with Gasteiger partial charge in [-0.2, -0.15) is 0 Å². The third-order valence-corrected chi connectivity index (χ3v) is 6.09. The van der Waals surface area contributed by atoms with E-state index in [1.54, 1.807) is 0 Å². The molecule has 4 saturated heterocycles. The molecule has 0 saturated carbocycles. The fourth-order valence-electron chi connectivity index (χ4n) is 4.53. The number of hydrogen-bond donors (Lipinski definition) is 1. The van der Waals surface area contributed by atoms with Crippen LogP contribution in [-0.2, 0) is 15.1 Å². The predicted octanol–water partition coefficient (Wildman–Crippen LogP) is 2.45. The van der Waals surface area contributed by atoms with Crippen LogP contribution in [0.3, 0.4) is 0 Å². The van der Waals surface area contributed by atoms with Crippen molar-refractivity contribution in [2.24, 2.45) is 5.92 Å². The van der Waals surface area contributed by atoms with E-state index in [0.717, 1.165) is 58.4 Å². The Balaban J connectivity index is 0.00000131. The smallest absolute Gasteiger partial charge is 0.344 e. The van der Waals surface area contributed by atoms with E-state index in [2.05, 4.69) is 9.80 Å². The second-order valence-electron chi connectivity index (χ2n) is 7.79. The van der Waals surface area contributed by atoms with E-state index in [4.69, 9.17) is 4.74 Å². The first-order valence-electron chi connectivity index (χ1n) is 9.59. The van der Waals surface area contributed by atoms with Gasteiger partial charge in [-0.05, 0) is 63.3 Å². The second kappa shape index (κ2) is 9.57. The first-order valence-corrected chi connectivity index (χ1v) is 9.59. The SMILES string of the molecule is Cl.Cl.O=C(OC1CN2CCC1CC2)C(O)(CN1CCCC1)c1ccccc1. The number of rotatable bonds is 5. The molecule has 4 aliphatic rings. The second-order valence-corrected chi connectivity index (χ2v) is 7.79. The van der Waals surface area contributed by atoms with Gasteiger partial charge in [-0.1, -0.05) is 30.3 Å². The highest BCUT2D eigenvalue weighted by molar-refractivity contribution is 5.85. The fraction of sp³-hybridized carbons (Fsp3) is 0.650. The number of ether oxygens (including phenoxy) is 1. The molecule has 0 radical (unpaired) electrons. The van der Waals surface area contributed by atoms with Gasteiger partial charge in [0, 0.05) is 13.1 Å². The van der Waals surface area contributed by atoms with Gasteiger partial charge in [0.15, 0.2) is 5.60 Å². The quantitative estimate of drug-likeness (QED) is 0.746. The van der Waals surface area contributed by atoms with E-state index in [-0.39, 0.29) is 30.9 Å². The maximum Gasteiger partial charge on any atom is 0.344 e. The van der Waals surface area contributed by atoms with Gasteiger partial charge in [0.05, 0.1) is 0 Å². The molecule has 0 spiro atoms. The van der Waals surface area contributed by atoms with Gasteiger partial charge in [-0.3, -0.25) is 9.80 Å². The van der Waals surface area contributed by atoms with Crippen molar-refractivity contribution < 1.29 is 14.6 Å². The van der Waals surface area contributed by atoms with Crippen LogP contribution in [0.4, 0.5) is 0 Å². The molecular formula is C20H30Cl2N2O3. The minimum atomic E-state index is -1.59. The Morgan fingerprint density at radius 1 is 1.07 bits per heavy atom. The van der Waals surface area contributed by atoms with Gasteiger partial charge in [-0.25, -0.2) is 4.79 Å². The highest BCUT2D eigenvalue weighted by Gasteiger charge is 2.45. The minimum Gasteiger partial charge on any atom is -0.458 e. The zero-order valence-electron chi connectivity index (χ0n) is 15.6. The number of carbonyl (C=O) groups is 1. The van der Waals surface area contributed by atoms with E-state index in [0.29, 0.717) is 18.0 Å². The topological polar surface area (TPSA) is 53.0 Å². The molecule has 0 aromatic heterocycles. The fourth-order valence-corrected chi connectivity index (χ4v) is 4.53. The van der Waals surface area contributed by atoms with Crippen LogP contribution in [0.2, 0.25) is 0 Å². The summed E-state index contributed by atoms with van der Waals surface area (Å²) in [4.78, 5) is 17.6. The molecule has 4 aliphatic heterocycles. The Bertz CT molecular complexity index is 605. The molecule has 1 aromatic rings. The number of fused-ring (bicyclic) bond motifs is 3. The Hall–Kier alpha value is -0.850. The van der Waals surface area contributed by atoms with Crippen LogP contribution in [-0.4, -0.2) is 66.2 Å². The van der Waals surface area contributed by atoms with Crippen LogP contribution in [0.25, 0.3) is 0 Å². The molecule has 0 aliphatic carbocycles. The number of nitrogens with zero attached hydrogens (tertiary/aromatic N) is 2. The summed E-state index contributed by atoms with van der Waals surface area (Å²) in [6.07, 6.45) is 4.35. The number of aliphatic hydroxyl groups is 1. The molecule has 5 rings (SSSR count). The van der Waals surface area contributed by atoms with Crippen molar-refractivity contribution in [3.05, 3.63) is 35.9 Å². The lowest BCUT2D eigenvalue weighted by atomic mass is 9.85. The van der Waals surface area contributed by atoms with Crippen molar-refractivity contribution >= 4 is 30.8 Å². The summed E-state index contributed by atoms with van der Waals surface area (Å²) in [6.45, 7) is 5.21. The van der Waals surface area contributed by atoms with Crippen molar-refractivity contribution in [1.82, 2.24) is 9.80 Å². The van der Waals surface area contributed by atoms with E-state index >= 15 is 0 Å². The third-order valence-electron chi connectivity index (χ3n) is 6.09. The number of halogens is 2. The highest BCUT2D eigenvalue weighted by atomic mass is 35.5. The van der Waals surface area contributed by atoms with Crippen molar-refractivity contribution in [2.75, 3.05) is 39.3 Å². The maximum absolute atomic E-state index is 13.1. The minimum absolute atomic E-state index is 0. The number of β-amino-alcohol motifs (C(OH)–C–C–N with tert-alkyl or cyclic N) is 1. The predicted molar refractivity (Wildman–Crippen MR) is 110 cm³/mol. The summed E-state index contributed by atoms with van der Waals surface area (Å²) < 4.78 is 5.90. The Morgan fingerprint density at radius 3 is 2.26 bits per heavy atom. The highest BCUT2D eigenvalue weighted by Crippen LogP contribution is 2.32. The van der Waals surface area contributed by atoms with Gasteiger partial charge < -0.3 is 9.84 Å². The van der Waals surface area contributed by atoms with Crippen molar-refractivity contribution in [2.45, 2.75) is 37.4 Å². The molecule has 27 heavy (non-hydrogen) atoms. The van der Waals surface area contributed by atoms with Crippen LogP contribution in [0, 0.1) is 5.92 Å². The number of esters is 1. The van der Waals surface area contributed by atoms with Gasteiger partial charge in [-0.15, -0.1) is 24.8 Å². The van der Waals surface area contributed by atoms with Crippen LogP contribution in [0.15, 0.2) is 30.3 Å². The molecule has 4 heterocycles. The number of likely N-dealkylation sites (tertiary alicyclic amines) is 1. The van der Waals surface area contributed by atoms with E-state index in [1.165, 1.54) is 0 Å². The largest absolute Gasteiger partial charge is 0.458 e. The molecule has 152 valence electrons. The lowest BCUT2D eigenvalue weighted by Crippen LogP contribution is -2.55. The number of hydrogen-bond acceptors (Lipinski definition) is 5. The summed E-state index contributed by atoms with van der Waals surface area (Å²) in [6, 6.07) is 9.29. The van der Waals surface area contributed by atoms with Gasteiger partial charge >= 0.3 is 5.97 Å². The maximum atomic E-state index is 13.1. The molecule has 0 amide bonds. The zero-order valence-corrected chi connectivity index (χ0v) is 17.2. The Morgan fingerprint density at radius 2 is 1.70 bits per heavy atom. The van der Waals surface area contributed by atoms with Gasteiger partial charge in [0.1, 0.15) is 6.10 Å². The van der Waals surface area contributed by atoms with Crippen molar-refractivity contribution in [1.29, 1.82) is 0 Å². The molecule has 2 unspecified atom stereocenters. The van der Waals surface area contributed by atoms with Gasteiger partial charge in [0.25, 0.3) is 0 Å². The first kappa shape index (κ1) is 22.4. The molecule has 1 N–H and O–H groups in total. The van der Waals surface area contributed by atoms with E-state index in [1.807, 2.05) is 30.3 Å². The first-order chi connectivity index (χ1) is 12.1. The molecule has 2 bridgehead atoms. The average Bonchev–Trinajstić information content (AvgIpc) is 3.16. The van der Waals surface area contributed by atoms with Crippen LogP contribution >= 0.6 is 24.8 Å². The Kier molecular flexibility index (Phi) is 7.95. The zero-order chi connectivity index (χ0) is 17.3. The third kappa shape index (κ3) is 4.77. The van der Waals surface area contributed by atoms with E-state index < -0.39 is 11.6 Å². The summed E-state index contributed by atoms with van der Waals surface area (Å²) in [5.41, 5.74) is -0.953. The van der Waals surface area contributed by atoms with Gasteiger partial charge in [0.2, 0.25) is 0 Å². The molecule has 4 fully saturated rings. The summed E-state index contributed by atoms with van der Waals surface area (Å²) in [5, 5.41) is 11.4. The lowest BCUT2D eigenvalue weighted by Gasteiger charge is -2.44. The molecule has 7 heteroatoms. The molecule has 2 atom stereocenters. The summed E-state index contributed by atoms with van der Waals surface area (Å²) in [5.74, 6) is -0.0369. The number of benzene rings is 1. The van der Waals surface area contributed by atoms with Crippen molar-refractivity contribution in [3.63, 3.8) is 0 Å². The molecule has 5 nitrogen and oxygen atoms in total.